The summed E-state index contributed by atoms with van der Waals surface area (Å²) in [6.07, 6.45) is 11.1. The molecule has 6 nitrogen and oxygen atoms in total. The van der Waals surface area contributed by atoms with E-state index in [1.165, 1.54) is 18.5 Å². The summed E-state index contributed by atoms with van der Waals surface area (Å²) >= 11 is 0. The molecule has 1 atom stereocenters. The van der Waals surface area contributed by atoms with Crippen molar-refractivity contribution in [2.24, 2.45) is 0 Å². The number of benzene rings is 1. The Morgan fingerprint density at radius 1 is 1.00 bits per heavy atom. The molecule has 142 valence electrons. The Kier molecular flexibility index (Phi) is 5.53. The van der Waals surface area contributed by atoms with Crippen molar-refractivity contribution in [1.29, 1.82) is 0 Å². The second-order valence-corrected chi connectivity index (χ2v) is 7.35. The maximum Gasteiger partial charge on any atom is 0.0647 e. The fourth-order valence-electron chi connectivity index (χ4n) is 3.79. The smallest absolute Gasteiger partial charge is 0.0647 e. The highest BCUT2D eigenvalue weighted by atomic mass is 15.3. The van der Waals surface area contributed by atoms with E-state index in [2.05, 4.69) is 51.6 Å². The molecular weight excluding hydrogens is 336 g/mol. The van der Waals surface area contributed by atoms with Crippen LogP contribution in [0.3, 0.4) is 0 Å². The first kappa shape index (κ1) is 17.8. The lowest BCUT2D eigenvalue weighted by Gasteiger charge is -2.35. The maximum absolute atomic E-state index is 4.29. The third-order valence-corrected chi connectivity index (χ3v) is 5.35. The molecule has 2 aromatic heterocycles. The van der Waals surface area contributed by atoms with Gasteiger partial charge in [0, 0.05) is 62.2 Å². The van der Waals surface area contributed by atoms with E-state index < -0.39 is 0 Å². The minimum absolute atomic E-state index is 0.513. The Balaban J connectivity index is 1.23. The zero-order chi connectivity index (χ0) is 18.5. The van der Waals surface area contributed by atoms with Crippen LogP contribution in [0.1, 0.15) is 26.2 Å². The SMILES string of the molecule is CC(CCn1cccn1)NC1CCN(c2ccc(-n3cccn3)cc2)CC1. The van der Waals surface area contributed by atoms with E-state index in [-0.39, 0.29) is 0 Å². The Labute approximate surface area is 160 Å². The molecule has 1 aliphatic rings. The first-order chi connectivity index (χ1) is 13.3. The Morgan fingerprint density at radius 3 is 2.37 bits per heavy atom. The van der Waals surface area contributed by atoms with Crippen molar-refractivity contribution < 1.29 is 0 Å². The predicted octanol–water partition coefficient (Wildman–Crippen LogP) is 3.11. The van der Waals surface area contributed by atoms with Gasteiger partial charge in [0.15, 0.2) is 0 Å². The van der Waals surface area contributed by atoms with Crippen LogP contribution in [0.5, 0.6) is 0 Å². The van der Waals surface area contributed by atoms with Crippen LogP contribution < -0.4 is 10.2 Å². The highest BCUT2D eigenvalue weighted by Gasteiger charge is 2.20. The second kappa shape index (κ2) is 8.39. The number of rotatable bonds is 7. The first-order valence-corrected chi connectivity index (χ1v) is 9.86. The number of hydrogen-bond donors (Lipinski definition) is 1. The molecule has 6 heteroatoms. The first-order valence-electron chi connectivity index (χ1n) is 9.86. The molecule has 0 bridgehead atoms. The van der Waals surface area contributed by atoms with Gasteiger partial charge in [0.25, 0.3) is 0 Å². The van der Waals surface area contributed by atoms with Gasteiger partial charge in [-0.25, -0.2) is 4.68 Å². The number of aryl methyl sites for hydroxylation is 1. The number of piperidine rings is 1. The summed E-state index contributed by atoms with van der Waals surface area (Å²) in [4.78, 5) is 2.49. The van der Waals surface area contributed by atoms with Crippen LogP contribution in [0, 0.1) is 0 Å². The van der Waals surface area contributed by atoms with Crippen molar-refractivity contribution in [3.05, 3.63) is 61.2 Å². The van der Waals surface area contributed by atoms with Gasteiger partial charge in [0.05, 0.1) is 5.69 Å². The quantitative estimate of drug-likeness (QED) is 0.700. The van der Waals surface area contributed by atoms with Gasteiger partial charge < -0.3 is 10.2 Å². The third-order valence-electron chi connectivity index (χ3n) is 5.35. The van der Waals surface area contributed by atoms with Gasteiger partial charge in [-0.1, -0.05) is 0 Å². The molecule has 1 fully saturated rings. The van der Waals surface area contributed by atoms with E-state index in [0.29, 0.717) is 12.1 Å². The van der Waals surface area contributed by atoms with Crippen molar-refractivity contribution >= 4 is 5.69 Å². The van der Waals surface area contributed by atoms with E-state index >= 15 is 0 Å². The van der Waals surface area contributed by atoms with Crippen molar-refractivity contribution in [1.82, 2.24) is 24.9 Å². The molecule has 0 spiro atoms. The molecule has 0 saturated carbocycles. The zero-order valence-corrected chi connectivity index (χ0v) is 15.9. The number of hydrogen-bond acceptors (Lipinski definition) is 4. The van der Waals surface area contributed by atoms with Gasteiger partial charge in [-0.15, -0.1) is 0 Å². The minimum atomic E-state index is 0.513. The lowest BCUT2D eigenvalue weighted by molar-refractivity contribution is 0.354. The summed E-state index contributed by atoms with van der Waals surface area (Å²) in [5.41, 5.74) is 2.40. The fraction of sp³-hybridized carbons (Fsp3) is 0.429. The van der Waals surface area contributed by atoms with Crippen molar-refractivity contribution in [3.63, 3.8) is 0 Å². The zero-order valence-electron chi connectivity index (χ0n) is 15.9. The molecule has 0 radical (unpaired) electrons. The molecule has 4 rings (SSSR count). The van der Waals surface area contributed by atoms with Gasteiger partial charge in [-0.2, -0.15) is 10.2 Å². The summed E-state index contributed by atoms with van der Waals surface area (Å²) < 4.78 is 3.90. The van der Waals surface area contributed by atoms with Crippen molar-refractivity contribution in [2.75, 3.05) is 18.0 Å². The maximum atomic E-state index is 4.29. The second-order valence-electron chi connectivity index (χ2n) is 7.35. The van der Waals surface area contributed by atoms with Crippen molar-refractivity contribution in [3.8, 4) is 5.69 Å². The third kappa shape index (κ3) is 4.57. The van der Waals surface area contributed by atoms with Crippen LogP contribution in [0.4, 0.5) is 5.69 Å². The fourth-order valence-corrected chi connectivity index (χ4v) is 3.79. The molecule has 1 N–H and O–H groups in total. The largest absolute Gasteiger partial charge is 0.371 e. The van der Waals surface area contributed by atoms with E-state index in [1.54, 1.807) is 0 Å². The molecule has 1 unspecified atom stereocenters. The molecule has 3 heterocycles. The molecule has 27 heavy (non-hydrogen) atoms. The van der Waals surface area contributed by atoms with Gasteiger partial charge >= 0.3 is 0 Å². The van der Waals surface area contributed by atoms with Crippen LogP contribution in [0.2, 0.25) is 0 Å². The van der Waals surface area contributed by atoms with Crippen molar-refractivity contribution in [2.45, 2.75) is 44.8 Å². The number of nitrogens with zero attached hydrogens (tertiary/aromatic N) is 5. The van der Waals surface area contributed by atoms with E-state index in [0.717, 1.165) is 31.7 Å². The molecule has 1 aliphatic heterocycles. The predicted molar refractivity (Wildman–Crippen MR) is 108 cm³/mol. The molecule has 0 amide bonds. The summed E-state index contributed by atoms with van der Waals surface area (Å²) in [6.45, 7) is 5.46. The van der Waals surface area contributed by atoms with Gasteiger partial charge in [-0.3, -0.25) is 4.68 Å². The van der Waals surface area contributed by atoms with Gasteiger partial charge in [0.2, 0.25) is 0 Å². The Hall–Kier alpha value is -2.60. The summed E-state index contributed by atoms with van der Waals surface area (Å²) in [7, 11) is 0. The average molecular weight is 364 g/mol. The van der Waals surface area contributed by atoms with Gasteiger partial charge in [0.1, 0.15) is 0 Å². The van der Waals surface area contributed by atoms with Gasteiger partial charge in [-0.05, 0) is 62.6 Å². The highest BCUT2D eigenvalue weighted by molar-refractivity contribution is 5.51. The molecule has 1 saturated heterocycles. The highest BCUT2D eigenvalue weighted by Crippen LogP contribution is 2.22. The lowest BCUT2D eigenvalue weighted by atomic mass is 10.0. The Morgan fingerprint density at radius 2 is 1.70 bits per heavy atom. The molecule has 3 aromatic rings. The normalized spacial score (nSPS) is 16.6. The monoisotopic (exact) mass is 364 g/mol. The topological polar surface area (TPSA) is 50.9 Å². The number of aromatic nitrogens is 4. The number of anilines is 1. The Bertz CT molecular complexity index is 786. The van der Waals surface area contributed by atoms with Crippen LogP contribution in [-0.4, -0.2) is 44.7 Å². The molecular formula is C21H28N6. The van der Waals surface area contributed by atoms with E-state index in [4.69, 9.17) is 0 Å². The standard InChI is InChI=1S/C21H28N6/c1-18(8-17-26-13-2-11-22-26)24-19-9-15-25(16-10-19)20-4-6-21(7-5-20)27-14-3-12-23-27/h2-7,11-14,18-19,24H,8-10,15-17H2,1H3. The van der Waals surface area contributed by atoms with Crippen LogP contribution in [0.25, 0.3) is 5.69 Å². The van der Waals surface area contributed by atoms with E-state index in [9.17, 15) is 0 Å². The average Bonchev–Trinajstić information content (AvgIpc) is 3.41. The van der Waals surface area contributed by atoms with Crippen LogP contribution >= 0.6 is 0 Å². The summed E-state index contributed by atoms with van der Waals surface area (Å²) in [5.74, 6) is 0. The molecule has 0 aliphatic carbocycles. The summed E-state index contributed by atoms with van der Waals surface area (Å²) in [5, 5.41) is 12.4. The van der Waals surface area contributed by atoms with Crippen LogP contribution in [-0.2, 0) is 6.54 Å². The lowest BCUT2D eigenvalue weighted by Crippen LogP contribution is -2.45. The summed E-state index contributed by atoms with van der Waals surface area (Å²) in [6, 6.07) is 13.7. The number of nitrogens with one attached hydrogen (secondary N) is 1. The van der Waals surface area contributed by atoms with Crippen LogP contribution in [0.15, 0.2) is 61.2 Å². The minimum Gasteiger partial charge on any atom is -0.371 e. The van der Waals surface area contributed by atoms with E-state index in [1.807, 2.05) is 46.3 Å². The molecule has 1 aromatic carbocycles.